The molecule has 0 aliphatic heterocycles. The average molecular weight is 279 g/mol. The highest BCUT2D eigenvalue weighted by Crippen LogP contribution is 2.32. The maximum Gasteiger partial charge on any atom is 0.268 e. The highest BCUT2D eigenvalue weighted by molar-refractivity contribution is 7.80. The molecular weight excluding hydrogens is 270 g/mol. The van der Waals surface area contributed by atoms with E-state index in [1.807, 2.05) is 42.6 Å². The van der Waals surface area contributed by atoms with Crippen molar-refractivity contribution in [3.8, 4) is 10.4 Å². The molecule has 0 aliphatic rings. The molecule has 1 aromatic carbocycles. The molecule has 0 atom stereocenters. The second-order valence-corrected chi connectivity index (χ2v) is 5.56. The van der Waals surface area contributed by atoms with Gasteiger partial charge in [0.2, 0.25) is 0 Å². The van der Waals surface area contributed by atoms with E-state index >= 15 is 0 Å². The van der Waals surface area contributed by atoms with Crippen LogP contribution in [0.4, 0.5) is 0 Å². The Balaban J connectivity index is 2.24. The second kappa shape index (κ2) is 4.33. The molecule has 17 heavy (non-hydrogen) atoms. The molecular formula is C13H9ClNS2+. The summed E-state index contributed by atoms with van der Waals surface area (Å²) in [7, 11) is 0. The first-order valence-electron chi connectivity index (χ1n) is 5.14. The van der Waals surface area contributed by atoms with Crippen LogP contribution < -0.4 is 4.40 Å². The van der Waals surface area contributed by atoms with Gasteiger partial charge in [-0.25, -0.2) is 0 Å². The molecule has 2 aromatic heterocycles. The summed E-state index contributed by atoms with van der Waals surface area (Å²) in [6.45, 7) is 0. The normalized spacial score (nSPS) is 10.9. The molecule has 4 heteroatoms. The molecule has 0 radical (unpaired) electrons. The molecule has 0 N–H and O–H groups in total. The van der Waals surface area contributed by atoms with Crippen LogP contribution in [0.25, 0.3) is 15.3 Å². The third kappa shape index (κ3) is 1.95. The van der Waals surface area contributed by atoms with Gasteiger partial charge in [0.15, 0.2) is 6.20 Å². The lowest BCUT2D eigenvalue weighted by molar-refractivity contribution is -0.549. The minimum Gasteiger partial charge on any atom is -0.144 e. The maximum atomic E-state index is 5.90. The van der Waals surface area contributed by atoms with Crippen molar-refractivity contribution in [1.29, 1.82) is 0 Å². The van der Waals surface area contributed by atoms with Gasteiger partial charge >= 0.3 is 0 Å². The SMILES string of the molecule is Sc1c(-c2ccc(Cl)cc2)sc2cccc[n+]12. The summed E-state index contributed by atoms with van der Waals surface area (Å²) < 4.78 is 2.08. The van der Waals surface area contributed by atoms with Gasteiger partial charge in [-0.05, 0) is 23.8 Å². The number of fused-ring (bicyclic) bond motifs is 1. The monoisotopic (exact) mass is 278 g/mol. The number of benzene rings is 1. The quantitative estimate of drug-likeness (QED) is 0.505. The summed E-state index contributed by atoms with van der Waals surface area (Å²) in [4.78, 5) is 2.35. The van der Waals surface area contributed by atoms with E-state index in [0.717, 1.165) is 20.5 Å². The number of hydrogen-bond donors (Lipinski definition) is 1. The number of nitrogens with zero attached hydrogens (tertiary/aromatic N) is 1. The Bertz CT molecular complexity index is 673. The fraction of sp³-hybridized carbons (Fsp3) is 0. The predicted octanol–water partition coefficient (Wildman–Crippen LogP) is 4.10. The standard InChI is InChI=1S/C13H8ClNS2/c14-10-6-4-9(5-7-10)12-13(16)15-8-2-1-3-11(15)17-12/h1-8H/p+1. The van der Waals surface area contributed by atoms with E-state index in [4.69, 9.17) is 11.6 Å². The van der Waals surface area contributed by atoms with Crippen LogP contribution in [-0.2, 0) is 0 Å². The molecule has 0 amide bonds. The Morgan fingerprint density at radius 3 is 2.53 bits per heavy atom. The summed E-state index contributed by atoms with van der Waals surface area (Å²) in [6, 6.07) is 14.0. The minimum atomic E-state index is 0.753. The Morgan fingerprint density at radius 2 is 1.82 bits per heavy atom. The zero-order chi connectivity index (χ0) is 11.8. The van der Waals surface area contributed by atoms with Crippen molar-refractivity contribution < 1.29 is 4.40 Å². The average Bonchev–Trinajstić information content (AvgIpc) is 2.69. The lowest BCUT2D eigenvalue weighted by Crippen LogP contribution is -2.18. The van der Waals surface area contributed by atoms with Gasteiger partial charge in [0.1, 0.15) is 4.88 Å². The first-order valence-corrected chi connectivity index (χ1v) is 6.78. The Morgan fingerprint density at radius 1 is 1.06 bits per heavy atom. The zero-order valence-corrected chi connectivity index (χ0v) is 11.3. The fourth-order valence-electron chi connectivity index (χ4n) is 1.73. The van der Waals surface area contributed by atoms with Gasteiger partial charge in [0.05, 0.1) is 0 Å². The number of aromatic nitrogens is 1. The molecule has 84 valence electrons. The van der Waals surface area contributed by atoms with Crippen molar-refractivity contribution in [2.24, 2.45) is 0 Å². The summed E-state index contributed by atoms with van der Waals surface area (Å²) in [6.07, 6.45) is 2.02. The lowest BCUT2D eigenvalue weighted by Gasteiger charge is -1.95. The van der Waals surface area contributed by atoms with E-state index in [0.29, 0.717) is 0 Å². The molecule has 1 nitrogen and oxygen atoms in total. The van der Waals surface area contributed by atoms with Crippen LogP contribution in [-0.4, -0.2) is 0 Å². The van der Waals surface area contributed by atoms with Crippen LogP contribution in [0.2, 0.25) is 5.02 Å². The molecule has 2 heterocycles. The Kier molecular flexibility index (Phi) is 2.82. The fourth-order valence-corrected chi connectivity index (χ4v) is 3.42. The smallest absolute Gasteiger partial charge is 0.144 e. The molecule has 0 spiro atoms. The number of thiazole rings is 1. The van der Waals surface area contributed by atoms with Crippen LogP contribution in [0, 0.1) is 0 Å². The van der Waals surface area contributed by atoms with E-state index in [9.17, 15) is 0 Å². The number of pyridine rings is 1. The molecule has 0 saturated carbocycles. The van der Waals surface area contributed by atoms with Gasteiger partial charge in [-0.1, -0.05) is 47.7 Å². The van der Waals surface area contributed by atoms with Gasteiger partial charge in [-0.3, -0.25) is 0 Å². The van der Waals surface area contributed by atoms with Gasteiger partial charge in [0, 0.05) is 17.2 Å². The third-order valence-electron chi connectivity index (χ3n) is 2.57. The van der Waals surface area contributed by atoms with Crippen molar-refractivity contribution in [2.45, 2.75) is 5.03 Å². The van der Waals surface area contributed by atoms with Crippen LogP contribution in [0.15, 0.2) is 53.7 Å². The summed E-state index contributed by atoms with van der Waals surface area (Å²) in [5.74, 6) is 0. The van der Waals surface area contributed by atoms with Gasteiger partial charge in [0.25, 0.3) is 9.86 Å². The van der Waals surface area contributed by atoms with Crippen LogP contribution >= 0.6 is 35.6 Å². The summed E-state index contributed by atoms with van der Waals surface area (Å²) in [5, 5.41) is 1.72. The van der Waals surface area contributed by atoms with E-state index < -0.39 is 0 Å². The largest absolute Gasteiger partial charge is 0.268 e. The number of rotatable bonds is 1. The Hall–Kier alpha value is -1.03. The predicted molar refractivity (Wildman–Crippen MR) is 75.2 cm³/mol. The van der Waals surface area contributed by atoms with E-state index in [2.05, 4.69) is 23.1 Å². The molecule has 0 aliphatic carbocycles. The van der Waals surface area contributed by atoms with Crippen molar-refractivity contribution in [3.63, 3.8) is 0 Å². The second-order valence-electron chi connectivity index (χ2n) is 3.67. The molecule has 0 saturated heterocycles. The van der Waals surface area contributed by atoms with Crippen LogP contribution in [0.1, 0.15) is 0 Å². The van der Waals surface area contributed by atoms with Crippen LogP contribution in [0.5, 0.6) is 0 Å². The van der Waals surface area contributed by atoms with Crippen LogP contribution in [0.3, 0.4) is 0 Å². The first kappa shape index (κ1) is 11.1. The molecule has 3 rings (SSSR count). The maximum absolute atomic E-state index is 5.90. The summed E-state index contributed by atoms with van der Waals surface area (Å²) >= 11 is 12.2. The van der Waals surface area contributed by atoms with Crippen molar-refractivity contribution >= 4 is 40.4 Å². The Labute approximate surface area is 114 Å². The highest BCUT2D eigenvalue weighted by atomic mass is 35.5. The topological polar surface area (TPSA) is 4.10 Å². The van der Waals surface area contributed by atoms with Gasteiger partial charge in [-0.2, -0.15) is 0 Å². The van der Waals surface area contributed by atoms with Crippen molar-refractivity contribution in [2.75, 3.05) is 0 Å². The number of halogens is 1. The summed E-state index contributed by atoms with van der Waals surface area (Å²) in [5.41, 5.74) is 1.15. The van der Waals surface area contributed by atoms with Crippen molar-refractivity contribution in [1.82, 2.24) is 0 Å². The van der Waals surface area contributed by atoms with Gasteiger partial charge in [-0.15, -0.1) is 4.40 Å². The van der Waals surface area contributed by atoms with E-state index in [1.54, 1.807) is 11.3 Å². The van der Waals surface area contributed by atoms with Crippen molar-refractivity contribution in [3.05, 3.63) is 53.7 Å². The number of hydrogen-bond acceptors (Lipinski definition) is 2. The van der Waals surface area contributed by atoms with Gasteiger partial charge < -0.3 is 0 Å². The molecule has 0 fully saturated rings. The van der Waals surface area contributed by atoms with E-state index in [1.165, 1.54) is 4.83 Å². The lowest BCUT2D eigenvalue weighted by atomic mass is 10.2. The zero-order valence-electron chi connectivity index (χ0n) is 8.80. The molecule has 3 aromatic rings. The number of thiol groups is 1. The highest BCUT2D eigenvalue weighted by Gasteiger charge is 2.18. The molecule has 0 unspecified atom stereocenters. The minimum absolute atomic E-state index is 0.753. The third-order valence-corrected chi connectivity index (χ3v) is 4.58. The van der Waals surface area contributed by atoms with E-state index in [-0.39, 0.29) is 0 Å². The first-order chi connectivity index (χ1) is 8.25. The molecule has 0 bridgehead atoms.